The molecular weight excluding hydrogens is 325 g/mol. The van der Waals surface area contributed by atoms with Gasteiger partial charge in [-0.3, -0.25) is 19.1 Å². The molecule has 1 saturated heterocycles. The number of hydrogen-bond donors (Lipinski definition) is 1. The summed E-state index contributed by atoms with van der Waals surface area (Å²) < 4.78 is 21.3. The lowest BCUT2D eigenvalue weighted by molar-refractivity contribution is -0.124. The van der Waals surface area contributed by atoms with Crippen LogP contribution in [0.3, 0.4) is 0 Å². The maximum Gasteiger partial charge on any atom is 0.415 e. The molecule has 1 aliphatic heterocycles. The molecule has 2 heterocycles. The van der Waals surface area contributed by atoms with Gasteiger partial charge >= 0.3 is 11.0 Å². The van der Waals surface area contributed by atoms with Gasteiger partial charge in [-0.2, -0.15) is 0 Å². The molecule has 2 fully saturated rings. The summed E-state index contributed by atoms with van der Waals surface area (Å²) >= 11 is 0.940. The summed E-state index contributed by atoms with van der Waals surface area (Å²) in [6, 6.07) is 2.80. The first-order valence-electron chi connectivity index (χ1n) is 7.08. The molecule has 0 radical (unpaired) electrons. The number of benzene rings is 1. The Morgan fingerprint density at radius 1 is 1.35 bits per heavy atom. The number of anilines is 1. The Labute approximate surface area is 133 Å². The molecule has 1 aromatic heterocycles. The number of aromatic nitrogens is 1. The van der Waals surface area contributed by atoms with Crippen molar-refractivity contribution in [2.75, 3.05) is 11.4 Å². The van der Waals surface area contributed by atoms with Crippen molar-refractivity contribution >= 4 is 39.2 Å². The zero-order chi connectivity index (χ0) is 16.3. The lowest BCUT2D eigenvalue weighted by Crippen LogP contribution is -2.32. The Hall–Kier alpha value is -2.42. The van der Waals surface area contributed by atoms with Crippen LogP contribution >= 0.6 is 11.3 Å². The zero-order valence-corrected chi connectivity index (χ0v) is 12.6. The minimum atomic E-state index is -1.06. The topological polar surface area (TPSA) is 94.6 Å². The van der Waals surface area contributed by atoms with E-state index in [1.54, 1.807) is 6.07 Å². The van der Waals surface area contributed by atoms with Crippen molar-refractivity contribution in [3.05, 3.63) is 27.6 Å². The van der Waals surface area contributed by atoms with Crippen LogP contribution in [0.2, 0.25) is 0 Å². The van der Waals surface area contributed by atoms with E-state index in [0.717, 1.165) is 29.1 Å². The first kappa shape index (κ1) is 14.2. The van der Waals surface area contributed by atoms with Crippen LogP contribution in [0.25, 0.3) is 10.2 Å². The number of halogens is 1. The molecule has 1 atom stereocenters. The molecule has 2 aromatic rings. The number of primary amides is 1. The third kappa shape index (κ3) is 2.19. The highest BCUT2D eigenvalue weighted by atomic mass is 32.1. The highest BCUT2D eigenvalue weighted by Gasteiger charge is 2.37. The quantitative estimate of drug-likeness (QED) is 0.914. The predicted octanol–water partition coefficient (Wildman–Crippen LogP) is 1.35. The Bertz CT molecular complexity index is 901. The van der Waals surface area contributed by atoms with E-state index in [-0.39, 0.29) is 28.7 Å². The van der Waals surface area contributed by atoms with E-state index in [2.05, 4.69) is 0 Å². The first-order chi connectivity index (χ1) is 11.0. The molecule has 4 rings (SSSR count). The first-order valence-corrected chi connectivity index (χ1v) is 7.89. The molecule has 0 bridgehead atoms. The van der Waals surface area contributed by atoms with Crippen LogP contribution < -0.4 is 15.5 Å². The number of carbonyl (C=O) groups excluding carboxylic acids is 2. The molecule has 1 unspecified atom stereocenters. The number of carbonyl (C=O) groups is 2. The highest BCUT2D eigenvalue weighted by Crippen LogP contribution is 2.39. The molecule has 7 nitrogen and oxygen atoms in total. The molecular formula is C14H12FN3O4S. The second kappa shape index (κ2) is 4.79. The summed E-state index contributed by atoms with van der Waals surface area (Å²) in [6.45, 7) is -0.0721. The monoisotopic (exact) mass is 337 g/mol. The maximum absolute atomic E-state index is 14.5. The van der Waals surface area contributed by atoms with E-state index in [0.29, 0.717) is 4.70 Å². The third-order valence-corrected chi connectivity index (χ3v) is 4.90. The van der Waals surface area contributed by atoms with Crippen LogP contribution in [0.1, 0.15) is 18.9 Å². The van der Waals surface area contributed by atoms with Crippen LogP contribution in [-0.2, 0) is 9.53 Å². The van der Waals surface area contributed by atoms with E-state index >= 15 is 0 Å². The number of rotatable bonds is 3. The van der Waals surface area contributed by atoms with Crippen LogP contribution in [0.5, 0.6) is 0 Å². The minimum Gasteiger partial charge on any atom is -0.434 e. The summed E-state index contributed by atoms with van der Waals surface area (Å²) in [5.74, 6) is -1.33. The summed E-state index contributed by atoms with van der Waals surface area (Å²) in [5.41, 5.74) is 5.64. The van der Waals surface area contributed by atoms with Gasteiger partial charge in [0.25, 0.3) is 5.91 Å². The van der Waals surface area contributed by atoms with Crippen molar-refractivity contribution in [3.63, 3.8) is 0 Å². The maximum atomic E-state index is 14.5. The number of cyclic esters (lactones) is 1. The average molecular weight is 337 g/mol. The van der Waals surface area contributed by atoms with Gasteiger partial charge in [-0.05, 0) is 18.9 Å². The molecule has 1 saturated carbocycles. The van der Waals surface area contributed by atoms with Gasteiger partial charge in [0.1, 0.15) is 0 Å². The molecule has 0 spiro atoms. The molecule has 2 amide bonds. The standard InChI is InChI=1S/C14H12FN3O4S/c15-8-3-7(17-5-9(12(16)19)22-13(17)20)4-10-11(8)18(6-1-2-6)14(21)23-10/h3-4,6,9H,1-2,5H2,(H2,16,19). The van der Waals surface area contributed by atoms with Gasteiger partial charge < -0.3 is 10.5 Å². The number of hydrogen-bond acceptors (Lipinski definition) is 5. The number of fused-ring (bicyclic) bond motifs is 1. The number of thiazole rings is 1. The van der Waals surface area contributed by atoms with Crippen molar-refractivity contribution in [3.8, 4) is 0 Å². The van der Waals surface area contributed by atoms with Gasteiger partial charge in [0, 0.05) is 12.1 Å². The lowest BCUT2D eigenvalue weighted by Gasteiger charge is -2.13. The predicted molar refractivity (Wildman–Crippen MR) is 81.1 cm³/mol. The zero-order valence-electron chi connectivity index (χ0n) is 11.8. The van der Waals surface area contributed by atoms with Crippen LogP contribution in [0.15, 0.2) is 16.9 Å². The molecule has 2 aliphatic rings. The van der Waals surface area contributed by atoms with Gasteiger partial charge in [0.2, 0.25) is 0 Å². The van der Waals surface area contributed by atoms with Crippen molar-refractivity contribution in [2.24, 2.45) is 5.73 Å². The second-order valence-corrected chi connectivity index (χ2v) is 6.62. The Balaban J connectivity index is 1.79. The molecule has 2 N–H and O–H groups in total. The second-order valence-electron chi connectivity index (χ2n) is 5.63. The van der Waals surface area contributed by atoms with Crippen LogP contribution in [0.4, 0.5) is 14.9 Å². The molecule has 9 heteroatoms. The lowest BCUT2D eigenvalue weighted by atomic mass is 10.2. The fraction of sp³-hybridized carbons (Fsp3) is 0.357. The molecule has 1 aliphatic carbocycles. The van der Waals surface area contributed by atoms with Gasteiger partial charge in [0.05, 0.1) is 22.4 Å². The SMILES string of the molecule is NC(=O)C1CN(c2cc(F)c3c(c2)sc(=O)n3C2CC2)C(=O)O1. The van der Waals surface area contributed by atoms with Crippen LogP contribution in [0, 0.1) is 5.82 Å². The fourth-order valence-corrected chi connectivity index (χ4v) is 3.75. The summed E-state index contributed by atoms with van der Waals surface area (Å²) in [5, 5.41) is 0. The highest BCUT2D eigenvalue weighted by molar-refractivity contribution is 7.16. The van der Waals surface area contributed by atoms with E-state index in [4.69, 9.17) is 10.5 Å². The van der Waals surface area contributed by atoms with Crippen molar-refractivity contribution in [2.45, 2.75) is 25.0 Å². The molecule has 120 valence electrons. The summed E-state index contributed by atoms with van der Waals surface area (Å²) in [6.07, 6.45) is -0.0882. The summed E-state index contributed by atoms with van der Waals surface area (Å²) in [7, 11) is 0. The molecule has 23 heavy (non-hydrogen) atoms. The molecule has 1 aromatic carbocycles. The Morgan fingerprint density at radius 3 is 2.70 bits per heavy atom. The van der Waals surface area contributed by atoms with Gasteiger partial charge in [0.15, 0.2) is 11.9 Å². The van der Waals surface area contributed by atoms with Crippen molar-refractivity contribution in [1.82, 2.24) is 4.57 Å². The fourth-order valence-electron chi connectivity index (χ4n) is 2.75. The van der Waals surface area contributed by atoms with E-state index in [9.17, 15) is 18.8 Å². The summed E-state index contributed by atoms with van der Waals surface area (Å²) in [4.78, 5) is 36.0. The van der Waals surface area contributed by atoms with E-state index in [1.165, 1.54) is 10.6 Å². The largest absolute Gasteiger partial charge is 0.434 e. The van der Waals surface area contributed by atoms with Gasteiger partial charge in [-0.25, -0.2) is 9.18 Å². The van der Waals surface area contributed by atoms with E-state index < -0.39 is 23.9 Å². The average Bonchev–Trinajstić information content (AvgIpc) is 3.14. The Morgan fingerprint density at radius 2 is 2.09 bits per heavy atom. The van der Waals surface area contributed by atoms with Gasteiger partial charge in [-0.1, -0.05) is 11.3 Å². The number of ether oxygens (including phenoxy) is 1. The van der Waals surface area contributed by atoms with Crippen molar-refractivity contribution in [1.29, 1.82) is 0 Å². The van der Waals surface area contributed by atoms with Gasteiger partial charge in [-0.15, -0.1) is 0 Å². The minimum absolute atomic E-state index is 0.0626. The smallest absolute Gasteiger partial charge is 0.415 e. The number of nitrogens with two attached hydrogens (primary N) is 1. The van der Waals surface area contributed by atoms with Crippen LogP contribution in [-0.4, -0.2) is 29.2 Å². The van der Waals surface area contributed by atoms with Crippen molar-refractivity contribution < 1.29 is 18.7 Å². The van der Waals surface area contributed by atoms with E-state index in [1.807, 2.05) is 0 Å². The number of nitrogens with zero attached hydrogens (tertiary/aromatic N) is 2. The third-order valence-electron chi connectivity index (χ3n) is 4.00. The number of amides is 2. The normalized spacial score (nSPS) is 21.0. The Kier molecular flexibility index (Phi) is 2.95.